The highest BCUT2D eigenvalue weighted by Crippen LogP contribution is 2.24. The van der Waals surface area contributed by atoms with E-state index in [-0.39, 0.29) is 11.6 Å². The summed E-state index contributed by atoms with van der Waals surface area (Å²) in [6.07, 6.45) is 0. The van der Waals surface area contributed by atoms with Crippen LogP contribution in [0.3, 0.4) is 0 Å². The maximum atomic E-state index is 11.8. The molecule has 1 aromatic carbocycles. The van der Waals surface area contributed by atoms with Crippen molar-refractivity contribution in [2.75, 3.05) is 39.5 Å². The zero-order valence-electron chi connectivity index (χ0n) is 11.3. The fourth-order valence-electron chi connectivity index (χ4n) is 1.53. The molecule has 0 saturated heterocycles. The molecule has 0 heterocycles. The molecule has 0 fully saturated rings. The number of anilines is 1. The number of nitro groups is 1. The number of hydrogen-bond acceptors (Lipinski definition) is 5. The molecule has 0 aliphatic heterocycles. The van der Waals surface area contributed by atoms with E-state index in [1.807, 2.05) is 19.0 Å². The first-order chi connectivity index (χ1) is 8.95. The lowest BCUT2D eigenvalue weighted by Crippen LogP contribution is -2.31. The van der Waals surface area contributed by atoms with E-state index in [2.05, 4.69) is 10.6 Å². The van der Waals surface area contributed by atoms with Crippen molar-refractivity contribution in [2.45, 2.75) is 0 Å². The number of nitrogens with zero attached hydrogens (tertiary/aromatic N) is 2. The van der Waals surface area contributed by atoms with Crippen LogP contribution in [0.5, 0.6) is 0 Å². The predicted octanol–water partition coefficient (Wildman–Crippen LogP) is 0.928. The Hall–Kier alpha value is -2.15. The number of hydrogen-bond donors (Lipinski definition) is 2. The number of nitro benzene ring substituents is 1. The van der Waals surface area contributed by atoms with Crippen LogP contribution in [0, 0.1) is 10.1 Å². The van der Waals surface area contributed by atoms with Crippen molar-refractivity contribution in [3.05, 3.63) is 33.9 Å². The summed E-state index contributed by atoms with van der Waals surface area (Å²) in [6, 6.07) is 4.25. The summed E-state index contributed by atoms with van der Waals surface area (Å²) in [5.74, 6) is -0.242. The van der Waals surface area contributed by atoms with Crippen molar-refractivity contribution >= 4 is 17.3 Å². The average molecular weight is 266 g/mol. The maximum absolute atomic E-state index is 11.8. The van der Waals surface area contributed by atoms with Crippen molar-refractivity contribution in [1.82, 2.24) is 10.2 Å². The lowest BCUT2D eigenvalue weighted by Gasteiger charge is -2.11. The van der Waals surface area contributed by atoms with Gasteiger partial charge in [0, 0.05) is 31.8 Å². The molecule has 7 heteroatoms. The second-order valence-electron chi connectivity index (χ2n) is 4.30. The molecule has 0 unspecified atom stereocenters. The second-order valence-corrected chi connectivity index (χ2v) is 4.30. The molecule has 1 amide bonds. The number of carbonyl (C=O) groups excluding carboxylic acids is 1. The highest BCUT2D eigenvalue weighted by molar-refractivity contribution is 5.95. The number of likely N-dealkylation sites (N-methyl/N-ethyl adjacent to an activating group) is 1. The molecule has 0 bridgehead atoms. The number of nitrogens with one attached hydrogen (secondary N) is 2. The molecule has 1 aromatic rings. The lowest BCUT2D eigenvalue weighted by atomic mass is 10.1. The monoisotopic (exact) mass is 266 g/mol. The highest BCUT2D eigenvalue weighted by Gasteiger charge is 2.15. The third-order valence-corrected chi connectivity index (χ3v) is 2.57. The molecule has 19 heavy (non-hydrogen) atoms. The third kappa shape index (κ3) is 4.22. The minimum Gasteiger partial charge on any atom is -0.383 e. The van der Waals surface area contributed by atoms with Crippen LogP contribution >= 0.6 is 0 Å². The van der Waals surface area contributed by atoms with Crippen LogP contribution in [0.25, 0.3) is 0 Å². The summed E-state index contributed by atoms with van der Waals surface area (Å²) < 4.78 is 0. The summed E-state index contributed by atoms with van der Waals surface area (Å²) in [4.78, 5) is 24.1. The fourth-order valence-corrected chi connectivity index (χ4v) is 1.53. The second kappa shape index (κ2) is 6.69. The number of carbonyl (C=O) groups is 1. The normalized spacial score (nSPS) is 10.3. The van der Waals surface area contributed by atoms with Gasteiger partial charge in [0.1, 0.15) is 5.69 Å². The first kappa shape index (κ1) is 14.9. The number of rotatable bonds is 6. The quantitative estimate of drug-likeness (QED) is 0.590. The average Bonchev–Trinajstić information content (AvgIpc) is 2.37. The highest BCUT2D eigenvalue weighted by atomic mass is 16.6. The summed E-state index contributed by atoms with van der Waals surface area (Å²) >= 11 is 0. The Balaban J connectivity index is 2.78. The summed E-state index contributed by atoms with van der Waals surface area (Å²) in [7, 11) is 5.41. The summed E-state index contributed by atoms with van der Waals surface area (Å²) in [5, 5.41) is 16.2. The van der Waals surface area contributed by atoms with E-state index in [1.54, 1.807) is 7.05 Å². The van der Waals surface area contributed by atoms with Crippen molar-refractivity contribution in [3.63, 3.8) is 0 Å². The van der Waals surface area contributed by atoms with Crippen LogP contribution in [0.2, 0.25) is 0 Å². The molecule has 7 nitrogen and oxygen atoms in total. The van der Waals surface area contributed by atoms with E-state index in [9.17, 15) is 14.9 Å². The van der Waals surface area contributed by atoms with E-state index < -0.39 is 4.92 Å². The molecule has 0 aromatic heterocycles. The Labute approximate surface area is 111 Å². The lowest BCUT2D eigenvalue weighted by molar-refractivity contribution is -0.383. The third-order valence-electron chi connectivity index (χ3n) is 2.57. The van der Waals surface area contributed by atoms with E-state index >= 15 is 0 Å². The van der Waals surface area contributed by atoms with Crippen molar-refractivity contribution < 1.29 is 9.72 Å². The molecule has 0 saturated carbocycles. The van der Waals surface area contributed by atoms with Crippen LogP contribution in [-0.2, 0) is 0 Å². The first-order valence-corrected chi connectivity index (χ1v) is 5.85. The minimum absolute atomic E-state index is 0.0488. The van der Waals surface area contributed by atoms with Gasteiger partial charge in [-0.25, -0.2) is 0 Å². The van der Waals surface area contributed by atoms with E-state index in [0.29, 0.717) is 17.8 Å². The van der Waals surface area contributed by atoms with Gasteiger partial charge in [-0.15, -0.1) is 0 Å². The molecule has 2 N–H and O–H groups in total. The maximum Gasteiger partial charge on any atom is 0.292 e. The molecule has 0 aliphatic rings. The van der Waals surface area contributed by atoms with Gasteiger partial charge < -0.3 is 15.5 Å². The number of amides is 1. The van der Waals surface area contributed by atoms with Crippen LogP contribution in [0.4, 0.5) is 11.4 Å². The Morgan fingerprint density at radius 1 is 1.42 bits per heavy atom. The molecule has 0 radical (unpaired) electrons. The summed E-state index contributed by atoms with van der Waals surface area (Å²) in [6.45, 7) is 1.26. The van der Waals surface area contributed by atoms with Crippen molar-refractivity contribution in [1.29, 1.82) is 0 Å². The standard InChI is InChI=1S/C12H18N4O3/c1-13-10-8-9(4-5-11(10)16(18)19)12(17)14-6-7-15(2)3/h4-5,8,13H,6-7H2,1-3H3,(H,14,17). The predicted molar refractivity (Wildman–Crippen MR) is 73.5 cm³/mol. The van der Waals surface area contributed by atoms with Crippen molar-refractivity contribution in [2.24, 2.45) is 0 Å². The van der Waals surface area contributed by atoms with Crippen molar-refractivity contribution in [3.8, 4) is 0 Å². The van der Waals surface area contributed by atoms with Gasteiger partial charge in [0.05, 0.1) is 4.92 Å². The van der Waals surface area contributed by atoms with Gasteiger partial charge >= 0.3 is 0 Å². The van der Waals surface area contributed by atoms with E-state index in [0.717, 1.165) is 6.54 Å². The smallest absolute Gasteiger partial charge is 0.292 e. The molecule has 0 atom stereocenters. The number of benzene rings is 1. The minimum atomic E-state index is -0.487. The molecule has 104 valence electrons. The van der Waals surface area contributed by atoms with E-state index in [4.69, 9.17) is 0 Å². The largest absolute Gasteiger partial charge is 0.383 e. The van der Waals surface area contributed by atoms with Gasteiger partial charge in [-0.2, -0.15) is 0 Å². The Kier molecular flexibility index (Phi) is 5.25. The molecular weight excluding hydrogens is 248 g/mol. The summed E-state index contributed by atoms with van der Waals surface area (Å²) in [5.41, 5.74) is 0.673. The molecular formula is C12H18N4O3. The van der Waals surface area contributed by atoms with Crippen LogP contribution in [0.1, 0.15) is 10.4 Å². The zero-order chi connectivity index (χ0) is 14.4. The van der Waals surface area contributed by atoms with Crippen LogP contribution < -0.4 is 10.6 Å². The van der Waals surface area contributed by atoms with E-state index in [1.165, 1.54) is 18.2 Å². The van der Waals surface area contributed by atoms with Gasteiger partial charge in [0.25, 0.3) is 11.6 Å². The molecule has 0 spiro atoms. The van der Waals surface area contributed by atoms with Gasteiger partial charge in [0.15, 0.2) is 0 Å². The van der Waals surface area contributed by atoms with Gasteiger partial charge in [-0.1, -0.05) is 0 Å². The van der Waals surface area contributed by atoms with Gasteiger partial charge in [-0.3, -0.25) is 14.9 Å². The fraction of sp³-hybridized carbons (Fsp3) is 0.417. The van der Waals surface area contributed by atoms with Gasteiger partial charge in [0.2, 0.25) is 0 Å². The Morgan fingerprint density at radius 2 is 2.11 bits per heavy atom. The topological polar surface area (TPSA) is 87.5 Å². The SMILES string of the molecule is CNc1cc(C(=O)NCCN(C)C)ccc1[N+](=O)[O-]. The first-order valence-electron chi connectivity index (χ1n) is 5.85. The van der Waals surface area contributed by atoms with Gasteiger partial charge in [-0.05, 0) is 26.2 Å². The Morgan fingerprint density at radius 3 is 2.63 bits per heavy atom. The Bertz CT molecular complexity index is 474. The molecule has 0 aliphatic carbocycles. The van der Waals surface area contributed by atoms with Crippen LogP contribution in [0.15, 0.2) is 18.2 Å². The van der Waals surface area contributed by atoms with Crippen LogP contribution in [-0.4, -0.2) is 50.0 Å². The zero-order valence-corrected chi connectivity index (χ0v) is 11.3. The molecule has 1 rings (SSSR count).